The van der Waals surface area contributed by atoms with E-state index in [-0.39, 0.29) is 0 Å². The second kappa shape index (κ2) is 9.80. The van der Waals surface area contributed by atoms with Gasteiger partial charge in [0.15, 0.2) is 5.96 Å². The van der Waals surface area contributed by atoms with Gasteiger partial charge in [-0.3, -0.25) is 4.99 Å². The Labute approximate surface area is 127 Å². The molecule has 0 bridgehead atoms. The number of allylic oxidation sites excluding steroid dienone is 1. The molecule has 116 valence electrons. The van der Waals surface area contributed by atoms with Crippen LogP contribution < -0.4 is 10.1 Å². The number of nitrogens with zero attached hydrogens (tertiary/aromatic N) is 3. The lowest BCUT2D eigenvalue weighted by atomic mass is 10.2. The fourth-order valence-electron chi connectivity index (χ4n) is 1.96. The zero-order valence-corrected chi connectivity index (χ0v) is 13.3. The number of rotatable bonds is 8. The van der Waals surface area contributed by atoms with Crippen LogP contribution in [0.1, 0.15) is 25.3 Å². The third kappa shape index (κ3) is 5.85. The molecule has 0 aliphatic carbocycles. The van der Waals surface area contributed by atoms with Crippen molar-refractivity contribution in [1.82, 2.24) is 15.2 Å². The second-order valence-electron chi connectivity index (χ2n) is 4.65. The number of guanidine groups is 1. The maximum absolute atomic E-state index is 5.53. The predicted molar refractivity (Wildman–Crippen MR) is 87.7 cm³/mol. The molecule has 0 fully saturated rings. The molecule has 0 atom stereocenters. The van der Waals surface area contributed by atoms with Gasteiger partial charge in [-0.05, 0) is 25.8 Å². The van der Waals surface area contributed by atoms with E-state index >= 15 is 0 Å². The zero-order valence-electron chi connectivity index (χ0n) is 13.3. The number of hydrogen-bond donors (Lipinski definition) is 1. The van der Waals surface area contributed by atoms with E-state index in [0.29, 0.717) is 19.0 Å². The Bertz CT molecular complexity index is 459. The van der Waals surface area contributed by atoms with Gasteiger partial charge < -0.3 is 15.0 Å². The number of pyridine rings is 1. The average molecular weight is 290 g/mol. The van der Waals surface area contributed by atoms with Crippen molar-refractivity contribution in [2.45, 2.75) is 26.3 Å². The lowest BCUT2D eigenvalue weighted by molar-refractivity contribution is 0.322. The Kier molecular flexibility index (Phi) is 7.94. The van der Waals surface area contributed by atoms with Gasteiger partial charge in [0.1, 0.15) is 0 Å². The Morgan fingerprint density at radius 3 is 3.05 bits per heavy atom. The topological polar surface area (TPSA) is 49.8 Å². The summed E-state index contributed by atoms with van der Waals surface area (Å²) in [4.78, 5) is 10.7. The van der Waals surface area contributed by atoms with E-state index in [2.05, 4.69) is 26.8 Å². The van der Waals surface area contributed by atoms with Crippen molar-refractivity contribution < 1.29 is 4.74 Å². The molecule has 0 saturated carbocycles. The van der Waals surface area contributed by atoms with E-state index < -0.39 is 0 Å². The van der Waals surface area contributed by atoms with Crippen LogP contribution in [-0.2, 0) is 6.54 Å². The molecule has 0 unspecified atom stereocenters. The molecule has 0 saturated heterocycles. The molecule has 0 amide bonds. The summed E-state index contributed by atoms with van der Waals surface area (Å²) in [7, 11) is 3.82. The minimum atomic E-state index is 0.611. The smallest absolute Gasteiger partial charge is 0.218 e. The molecule has 0 aliphatic heterocycles. The van der Waals surface area contributed by atoms with Crippen LogP contribution in [0.2, 0.25) is 0 Å². The Hall–Kier alpha value is -2.04. The Morgan fingerprint density at radius 2 is 2.38 bits per heavy atom. The van der Waals surface area contributed by atoms with Gasteiger partial charge in [0.25, 0.3) is 0 Å². The van der Waals surface area contributed by atoms with Crippen molar-refractivity contribution in [3.63, 3.8) is 0 Å². The Morgan fingerprint density at radius 1 is 1.57 bits per heavy atom. The summed E-state index contributed by atoms with van der Waals surface area (Å²) < 4.78 is 5.53. The number of nitrogens with one attached hydrogen (secondary N) is 1. The summed E-state index contributed by atoms with van der Waals surface area (Å²) in [6.07, 6.45) is 5.76. The third-order valence-electron chi connectivity index (χ3n) is 3.04. The number of aliphatic imine (C=N–C) groups is 1. The first-order chi connectivity index (χ1) is 10.2. The molecule has 1 aromatic heterocycles. The number of hydrogen-bond acceptors (Lipinski definition) is 3. The third-order valence-corrected chi connectivity index (χ3v) is 3.04. The molecule has 21 heavy (non-hydrogen) atoms. The zero-order chi connectivity index (χ0) is 15.5. The molecule has 1 N–H and O–H groups in total. The van der Waals surface area contributed by atoms with Crippen molar-refractivity contribution in [2.75, 3.05) is 27.2 Å². The molecular formula is C16H26N4O. The lowest BCUT2D eigenvalue weighted by Crippen LogP contribution is -2.39. The normalized spacial score (nSPS) is 11.1. The van der Waals surface area contributed by atoms with Crippen LogP contribution in [0.5, 0.6) is 5.88 Å². The fraction of sp³-hybridized carbons (Fsp3) is 0.500. The molecule has 5 nitrogen and oxygen atoms in total. The highest BCUT2D eigenvalue weighted by atomic mass is 16.5. The largest absolute Gasteiger partial charge is 0.478 e. The molecule has 0 radical (unpaired) electrons. The first-order valence-corrected chi connectivity index (χ1v) is 7.32. The maximum atomic E-state index is 5.53. The molecule has 1 aromatic rings. The van der Waals surface area contributed by atoms with Crippen LogP contribution in [0, 0.1) is 0 Å². The molecule has 1 heterocycles. The first-order valence-electron chi connectivity index (χ1n) is 7.32. The minimum absolute atomic E-state index is 0.611. The Balaban J connectivity index is 2.57. The van der Waals surface area contributed by atoms with E-state index in [1.807, 2.05) is 32.2 Å². The highest BCUT2D eigenvalue weighted by Crippen LogP contribution is 2.13. The van der Waals surface area contributed by atoms with Gasteiger partial charge >= 0.3 is 0 Å². The minimum Gasteiger partial charge on any atom is -0.478 e. The number of aromatic nitrogens is 1. The summed E-state index contributed by atoms with van der Waals surface area (Å²) in [6.45, 7) is 7.89. The van der Waals surface area contributed by atoms with Crippen LogP contribution in [0.25, 0.3) is 0 Å². The van der Waals surface area contributed by atoms with E-state index in [1.54, 1.807) is 13.2 Å². The van der Waals surface area contributed by atoms with E-state index in [1.165, 1.54) is 0 Å². The van der Waals surface area contributed by atoms with Crippen molar-refractivity contribution in [1.29, 1.82) is 0 Å². The summed E-state index contributed by atoms with van der Waals surface area (Å²) >= 11 is 0. The second-order valence-corrected chi connectivity index (χ2v) is 4.65. The molecule has 0 aromatic carbocycles. The van der Waals surface area contributed by atoms with Crippen molar-refractivity contribution >= 4 is 5.96 Å². The molecule has 0 spiro atoms. The fourth-order valence-corrected chi connectivity index (χ4v) is 1.96. The summed E-state index contributed by atoms with van der Waals surface area (Å²) in [5, 5.41) is 3.34. The van der Waals surface area contributed by atoms with Crippen LogP contribution >= 0.6 is 0 Å². The monoisotopic (exact) mass is 290 g/mol. The first kappa shape index (κ1) is 17.0. The average Bonchev–Trinajstić information content (AvgIpc) is 2.50. The summed E-state index contributed by atoms with van der Waals surface area (Å²) in [5.74, 6) is 1.54. The predicted octanol–water partition coefficient (Wildman–Crippen LogP) is 2.45. The van der Waals surface area contributed by atoms with Crippen molar-refractivity contribution in [2.24, 2.45) is 4.99 Å². The summed E-state index contributed by atoms with van der Waals surface area (Å²) in [5.41, 5.74) is 1.03. The molecule has 0 aliphatic rings. The standard InChI is InChI=1S/C16H26N4O/c1-5-7-8-12-20(4)16(17-3)19-13-14-10-9-11-18-15(14)21-6-2/h5,9-11H,1,6-8,12-13H2,2-4H3,(H,17,19). The SMILES string of the molecule is C=CCCCN(C)C(=NC)NCc1cccnc1OCC. The van der Waals surface area contributed by atoms with Gasteiger partial charge in [-0.2, -0.15) is 0 Å². The van der Waals surface area contributed by atoms with Crippen LogP contribution in [0.15, 0.2) is 36.0 Å². The molecule has 1 rings (SSSR count). The highest BCUT2D eigenvalue weighted by molar-refractivity contribution is 5.79. The van der Waals surface area contributed by atoms with Gasteiger partial charge in [0, 0.05) is 38.9 Å². The van der Waals surface area contributed by atoms with E-state index in [4.69, 9.17) is 4.74 Å². The van der Waals surface area contributed by atoms with E-state index in [0.717, 1.165) is 30.9 Å². The van der Waals surface area contributed by atoms with Crippen LogP contribution in [-0.4, -0.2) is 43.1 Å². The van der Waals surface area contributed by atoms with Gasteiger partial charge in [-0.15, -0.1) is 6.58 Å². The van der Waals surface area contributed by atoms with Crippen LogP contribution in [0.4, 0.5) is 0 Å². The summed E-state index contributed by atoms with van der Waals surface area (Å²) in [6, 6.07) is 3.92. The molecule has 5 heteroatoms. The van der Waals surface area contributed by atoms with Gasteiger partial charge in [0.05, 0.1) is 6.61 Å². The van der Waals surface area contributed by atoms with Crippen molar-refractivity contribution in [3.05, 3.63) is 36.5 Å². The van der Waals surface area contributed by atoms with Crippen LogP contribution in [0.3, 0.4) is 0 Å². The maximum Gasteiger partial charge on any atom is 0.218 e. The quantitative estimate of drug-likeness (QED) is 0.346. The van der Waals surface area contributed by atoms with Gasteiger partial charge in [-0.25, -0.2) is 4.98 Å². The van der Waals surface area contributed by atoms with Gasteiger partial charge in [-0.1, -0.05) is 12.1 Å². The highest BCUT2D eigenvalue weighted by Gasteiger charge is 2.08. The number of unbranched alkanes of at least 4 members (excludes halogenated alkanes) is 1. The van der Waals surface area contributed by atoms with E-state index in [9.17, 15) is 0 Å². The lowest BCUT2D eigenvalue weighted by Gasteiger charge is -2.22. The van der Waals surface area contributed by atoms with Crippen molar-refractivity contribution in [3.8, 4) is 5.88 Å². The van der Waals surface area contributed by atoms with Gasteiger partial charge in [0.2, 0.25) is 5.88 Å². The number of ether oxygens (including phenoxy) is 1. The molecular weight excluding hydrogens is 264 g/mol.